The van der Waals surface area contributed by atoms with Gasteiger partial charge in [-0.2, -0.15) is 5.06 Å². The number of rotatable bonds is 7. The Labute approximate surface area is 154 Å². The minimum atomic E-state index is -1.31. The van der Waals surface area contributed by atoms with Crippen molar-refractivity contribution in [1.29, 1.82) is 0 Å². The monoisotopic (exact) mass is 357 g/mol. The molecule has 1 rings (SSSR count). The summed E-state index contributed by atoms with van der Waals surface area (Å²) in [5.74, 6) is 0.815. The van der Waals surface area contributed by atoms with E-state index in [0.29, 0.717) is 18.9 Å². The number of halogens is 1. The van der Waals surface area contributed by atoms with Gasteiger partial charge in [-0.3, -0.25) is 0 Å². The van der Waals surface area contributed by atoms with Crippen LogP contribution in [0.1, 0.15) is 73.1 Å². The van der Waals surface area contributed by atoms with Crippen molar-refractivity contribution in [3.05, 3.63) is 12.2 Å². The van der Waals surface area contributed by atoms with Crippen LogP contribution >= 0.6 is 0 Å². The molecular formula is C21H40FNO2. The normalized spacial score (nSPS) is 34.6. The molecule has 0 bridgehead atoms. The van der Waals surface area contributed by atoms with E-state index in [9.17, 15) is 4.39 Å². The summed E-state index contributed by atoms with van der Waals surface area (Å²) >= 11 is 0. The third kappa shape index (κ3) is 7.36. The van der Waals surface area contributed by atoms with E-state index in [1.165, 1.54) is 0 Å². The number of alkyl halides is 1. The van der Waals surface area contributed by atoms with Crippen LogP contribution < -0.4 is 0 Å². The van der Waals surface area contributed by atoms with Crippen molar-refractivity contribution >= 4 is 0 Å². The zero-order valence-corrected chi connectivity index (χ0v) is 17.5. The fourth-order valence-corrected chi connectivity index (χ4v) is 4.10. The molecule has 0 aromatic rings. The molecule has 0 aliphatic carbocycles. The number of hydroxylamine groups is 2. The first kappa shape index (κ1) is 22.6. The average molecular weight is 358 g/mol. The van der Waals surface area contributed by atoms with Gasteiger partial charge in [0.1, 0.15) is 5.67 Å². The standard InChI is InChI=1S/C21H40FNO2/c1-8-11-21(13-10-17(2)3)16-19(23(6)24-7)18(4)15-20(5,22)12-9-14-25-21/h9,12,17-19H,8,10-11,13-16H2,1-7H3. The Bertz CT molecular complexity index is 411. The van der Waals surface area contributed by atoms with Crippen molar-refractivity contribution in [2.75, 3.05) is 20.8 Å². The predicted molar refractivity (Wildman–Crippen MR) is 103 cm³/mol. The zero-order chi connectivity index (χ0) is 19.1. The van der Waals surface area contributed by atoms with Gasteiger partial charge in [0.2, 0.25) is 0 Å². The lowest BCUT2D eigenvalue weighted by Crippen LogP contribution is -2.47. The number of hydrogen-bond donors (Lipinski definition) is 0. The molecule has 4 heteroatoms. The van der Waals surface area contributed by atoms with Gasteiger partial charge in [0, 0.05) is 13.1 Å². The van der Waals surface area contributed by atoms with Gasteiger partial charge in [0.15, 0.2) is 0 Å². The molecular weight excluding hydrogens is 317 g/mol. The molecule has 0 saturated carbocycles. The summed E-state index contributed by atoms with van der Waals surface area (Å²) in [5.41, 5.74) is -1.47. The van der Waals surface area contributed by atoms with Crippen LogP contribution in [0, 0.1) is 11.8 Å². The Morgan fingerprint density at radius 3 is 2.56 bits per heavy atom. The average Bonchev–Trinajstić information content (AvgIpc) is 2.53. The molecule has 0 N–H and O–H groups in total. The van der Waals surface area contributed by atoms with E-state index < -0.39 is 5.67 Å². The highest BCUT2D eigenvalue weighted by Crippen LogP contribution is 2.37. The Kier molecular flexibility index (Phi) is 9.07. The van der Waals surface area contributed by atoms with Crippen molar-refractivity contribution in [3.63, 3.8) is 0 Å². The molecule has 0 spiro atoms. The third-order valence-electron chi connectivity index (χ3n) is 5.55. The summed E-state index contributed by atoms with van der Waals surface area (Å²) in [5, 5.41) is 1.90. The Balaban J connectivity index is 3.16. The maximum absolute atomic E-state index is 14.8. The molecule has 25 heavy (non-hydrogen) atoms. The lowest BCUT2D eigenvalue weighted by atomic mass is 9.78. The molecule has 3 nitrogen and oxygen atoms in total. The van der Waals surface area contributed by atoms with E-state index in [2.05, 4.69) is 27.7 Å². The maximum atomic E-state index is 14.8. The van der Waals surface area contributed by atoms with Gasteiger partial charge in [-0.05, 0) is 56.9 Å². The van der Waals surface area contributed by atoms with Gasteiger partial charge >= 0.3 is 0 Å². The first-order valence-electron chi connectivity index (χ1n) is 9.92. The zero-order valence-electron chi connectivity index (χ0n) is 17.5. The first-order valence-corrected chi connectivity index (χ1v) is 9.92. The minimum absolute atomic E-state index is 0.130. The number of nitrogens with zero attached hydrogens (tertiary/aromatic N) is 1. The second kappa shape index (κ2) is 10.0. The number of hydrogen-bond acceptors (Lipinski definition) is 3. The highest BCUT2D eigenvalue weighted by atomic mass is 19.1. The van der Waals surface area contributed by atoms with Crippen LogP contribution in [-0.4, -0.2) is 43.1 Å². The van der Waals surface area contributed by atoms with Gasteiger partial charge < -0.3 is 9.57 Å². The summed E-state index contributed by atoms with van der Waals surface area (Å²) in [6, 6.07) is 0.130. The van der Waals surface area contributed by atoms with Gasteiger partial charge in [0.25, 0.3) is 0 Å². The molecule has 0 aromatic heterocycles. The van der Waals surface area contributed by atoms with Crippen molar-refractivity contribution in [3.8, 4) is 0 Å². The largest absolute Gasteiger partial charge is 0.371 e. The first-order chi connectivity index (χ1) is 11.6. The van der Waals surface area contributed by atoms with Crippen LogP contribution in [0.25, 0.3) is 0 Å². The molecule has 0 fully saturated rings. The highest BCUT2D eigenvalue weighted by Gasteiger charge is 2.39. The number of ether oxygens (including phenoxy) is 1. The summed E-state index contributed by atoms with van der Waals surface area (Å²) in [4.78, 5) is 5.53. The molecule has 1 aliphatic rings. The van der Waals surface area contributed by atoms with Crippen LogP contribution in [0.4, 0.5) is 4.39 Å². The van der Waals surface area contributed by atoms with Crippen molar-refractivity contribution < 1.29 is 14.0 Å². The molecule has 1 heterocycles. The van der Waals surface area contributed by atoms with E-state index in [-0.39, 0.29) is 17.6 Å². The second-order valence-electron chi connectivity index (χ2n) is 8.54. The van der Waals surface area contributed by atoms with E-state index in [1.54, 1.807) is 20.1 Å². The lowest BCUT2D eigenvalue weighted by molar-refractivity contribution is -0.178. The molecule has 4 atom stereocenters. The molecule has 4 unspecified atom stereocenters. The Morgan fingerprint density at radius 2 is 2.00 bits per heavy atom. The van der Waals surface area contributed by atoms with Crippen LogP contribution in [0.3, 0.4) is 0 Å². The van der Waals surface area contributed by atoms with Crippen molar-refractivity contribution in [2.24, 2.45) is 11.8 Å². The van der Waals surface area contributed by atoms with E-state index in [0.717, 1.165) is 32.1 Å². The lowest BCUT2D eigenvalue weighted by Gasteiger charge is -2.42. The van der Waals surface area contributed by atoms with E-state index in [1.807, 2.05) is 18.2 Å². The number of allylic oxidation sites excluding steroid dienone is 1. The fraction of sp³-hybridized carbons (Fsp3) is 0.905. The smallest absolute Gasteiger partial charge is 0.126 e. The van der Waals surface area contributed by atoms with Gasteiger partial charge in [0.05, 0.1) is 19.3 Å². The van der Waals surface area contributed by atoms with E-state index in [4.69, 9.17) is 9.57 Å². The highest BCUT2D eigenvalue weighted by molar-refractivity contribution is 5.02. The molecule has 1 aliphatic heterocycles. The topological polar surface area (TPSA) is 21.7 Å². The van der Waals surface area contributed by atoms with Crippen LogP contribution in [-0.2, 0) is 9.57 Å². The Hall–Kier alpha value is -0.450. The van der Waals surface area contributed by atoms with Crippen LogP contribution in [0.15, 0.2) is 12.2 Å². The minimum Gasteiger partial charge on any atom is -0.371 e. The summed E-state index contributed by atoms with van der Waals surface area (Å²) in [6.45, 7) is 11.0. The van der Waals surface area contributed by atoms with Crippen molar-refractivity contribution in [2.45, 2.75) is 90.5 Å². The fourth-order valence-electron chi connectivity index (χ4n) is 4.10. The van der Waals surface area contributed by atoms with Gasteiger partial charge in [-0.15, -0.1) is 0 Å². The van der Waals surface area contributed by atoms with Crippen molar-refractivity contribution in [1.82, 2.24) is 5.06 Å². The molecule has 0 saturated heterocycles. The quantitative estimate of drug-likeness (QED) is 0.440. The molecule has 148 valence electrons. The molecule has 0 aromatic carbocycles. The SMILES string of the molecule is CCCC1(CCC(C)C)CC(N(C)OC)C(C)CC(C)(F)C=CCO1. The molecule has 0 amide bonds. The van der Waals surface area contributed by atoms with Gasteiger partial charge in [-0.1, -0.05) is 40.2 Å². The summed E-state index contributed by atoms with van der Waals surface area (Å²) in [6.07, 6.45) is 9.21. The summed E-state index contributed by atoms with van der Waals surface area (Å²) in [7, 11) is 3.65. The van der Waals surface area contributed by atoms with E-state index >= 15 is 0 Å². The Morgan fingerprint density at radius 1 is 1.32 bits per heavy atom. The van der Waals surface area contributed by atoms with Crippen LogP contribution in [0.5, 0.6) is 0 Å². The molecule has 0 radical (unpaired) electrons. The summed E-state index contributed by atoms with van der Waals surface area (Å²) < 4.78 is 21.2. The predicted octanol–water partition coefficient (Wildman–Crippen LogP) is 5.55. The second-order valence-corrected chi connectivity index (χ2v) is 8.54. The maximum Gasteiger partial charge on any atom is 0.126 e. The third-order valence-corrected chi connectivity index (χ3v) is 5.55. The van der Waals surface area contributed by atoms with Gasteiger partial charge in [-0.25, -0.2) is 4.39 Å². The van der Waals surface area contributed by atoms with Crippen LogP contribution in [0.2, 0.25) is 0 Å².